The summed E-state index contributed by atoms with van der Waals surface area (Å²) in [5.74, 6) is -1.00. The zero-order valence-electron chi connectivity index (χ0n) is 13.4. The van der Waals surface area contributed by atoms with E-state index in [1.165, 1.54) is 0 Å². The van der Waals surface area contributed by atoms with E-state index in [1.54, 1.807) is 60.7 Å². The molecule has 1 aliphatic rings. The second-order valence-electron chi connectivity index (χ2n) is 5.66. The molecule has 6 nitrogen and oxygen atoms in total. The van der Waals surface area contributed by atoms with Crippen LogP contribution >= 0.6 is 0 Å². The number of ether oxygens (including phenoxy) is 3. The minimum atomic E-state index is -1.24. The summed E-state index contributed by atoms with van der Waals surface area (Å²) < 4.78 is 15.8. The first kappa shape index (κ1) is 17.1. The monoisotopic (exact) mass is 342 g/mol. The average molecular weight is 342 g/mol. The highest BCUT2D eigenvalue weighted by atomic mass is 16.7. The van der Waals surface area contributed by atoms with Crippen molar-refractivity contribution >= 4 is 11.9 Å². The molecule has 1 fully saturated rings. The van der Waals surface area contributed by atoms with Crippen molar-refractivity contribution in [3.63, 3.8) is 0 Å². The van der Waals surface area contributed by atoms with Gasteiger partial charge < -0.3 is 19.3 Å². The molecular weight excluding hydrogens is 324 g/mol. The Morgan fingerprint density at radius 1 is 0.960 bits per heavy atom. The molecule has 0 spiro atoms. The fourth-order valence-corrected chi connectivity index (χ4v) is 2.54. The molecule has 0 amide bonds. The van der Waals surface area contributed by atoms with E-state index in [2.05, 4.69) is 0 Å². The zero-order valence-corrected chi connectivity index (χ0v) is 13.4. The number of aliphatic hydroxyl groups is 1. The molecule has 25 heavy (non-hydrogen) atoms. The van der Waals surface area contributed by atoms with E-state index in [0.717, 1.165) is 0 Å². The molecule has 0 radical (unpaired) electrons. The summed E-state index contributed by atoms with van der Waals surface area (Å²) in [6, 6.07) is 17.1. The zero-order chi connectivity index (χ0) is 17.6. The van der Waals surface area contributed by atoms with Crippen molar-refractivity contribution in [1.29, 1.82) is 0 Å². The summed E-state index contributed by atoms with van der Waals surface area (Å²) in [6.07, 6.45) is -2.32. The van der Waals surface area contributed by atoms with Gasteiger partial charge in [0.25, 0.3) is 0 Å². The van der Waals surface area contributed by atoms with E-state index in [0.29, 0.717) is 11.1 Å². The normalized spacial score (nSPS) is 22.4. The number of esters is 2. The SMILES string of the molecule is O=C(OC[C@@H]1C[C@H](OC(=O)c2ccccc2)[C@H](O)O1)c1ccccc1. The summed E-state index contributed by atoms with van der Waals surface area (Å²) in [6.45, 7) is -0.0236. The van der Waals surface area contributed by atoms with Crippen LogP contribution in [-0.4, -0.2) is 42.1 Å². The van der Waals surface area contributed by atoms with Gasteiger partial charge in [-0.2, -0.15) is 0 Å². The molecule has 1 N–H and O–H groups in total. The minimum Gasteiger partial charge on any atom is -0.459 e. The Labute approximate surface area is 144 Å². The molecule has 1 heterocycles. The maximum atomic E-state index is 12.0. The highest BCUT2D eigenvalue weighted by molar-refractivity contribution is 5.89. The van der Waals surface area contributed by atoms with Crippen molar-refractivity contribution in [2.24, 2.45) is 0 Å². The Bertz CT molecular complexity index is 715. The van der Waals surface area contributed by atoms with Gasteiger partial charge in [0, 0.05) is 6.42 Å². The molecule has 0 saturated carbocycles. The Kier molecular flexibility index (Phi) is 5.42. The van der Waals surface area contributed by atoms with E-state index in [1.807, 2.05) is 0 Å². The number of hydrogen-bond donors (Lipinski definition) is 1. The second kappa shape index (κ2) is 7.92. The molecule has 2 aromatic rings. The van der Waals surface area contributed by atoms with Crippen LogP contribution < -0.4 is 0 Å². The summed E-state index contributed by atoms with van der Waals surface area (Å²) >= 11 is 0. The largest absolute Gasteiger partial charge is 0.459 e. The predicted molar refractivity (Wildman–Crippen MR) is 87.9 cm³/mol. The molecule has 1 aliphatic heterocycles. The molecule has 3 rings (SSSR count). The highest BCUT2D eigenvalue weighted by Crippen LogP contribution is 2.23. The molecule has 0 aromatic heterocycles. The Hall–Kier alpha value is -2.70. The topological polar surface area (TPSA) is 82.1 Å². The van der Waals surface area contributed by atoms with Crippen LogP contribution in [0.1, 0.15) is 27.1 Å². The fourth-order valence-electron chi connectivity index (χ4n) is 2.54. The van der Waals surface area contributed by atoms with Crippen molar-refractivity contribution < 1.29 is 28.9 Å². The third-order valence-electron chi connectivity index (χ3n) is 3.82. The molecule has 2 aromatic carbocycles. The van der Waals surface area contributed by atoms with Crippen molar-refractivity contribution in [2.45, 2.75) is 24.9 Å². The predicted octanol–water partition coefficient (Wildman–Crippen LogP) is 2.18. The Morgan fingerprint density at radius 3 is 2.12 bits per heavy atom. The van der Waals surface area contributed by atoms with Crippen LogP contribution in [0.5, 0.6) is 0 Å². The van der Waals surface area contributed by atoms with Crippen molar-refractivity contribution in [3.8, 4) is 0 Å². The quantitative estimate of drug-likeness (QED) is 0.839. The van der Waals surface area contributed by atoms with Gasteiger partial charge in [0.2, 0.25) is 0 Å². The number of carbonyl (C=O) groups excluding carboxylic acids is 2. The van der Waals surface area contributed by atoms with E-state index in [-0.39, 0.29) is 13.0 Å². The van der Waals surface area contributed by atoms with Crippen molar-refractivity contribution in [2.75, 3.05) is 6.61 Å². The number of benzene rings is 2. The van der Waals surface area contributed by atoms with Crippen LogP contribution in [0.2, 0.25) is 0 Å². The van der Waals surface area contributed by atoms with E-state index >= 15 is 0 Å². The first-order chi connectivity index (χ1) is 12.1. The Morgan fingerprint density at radius 2 is 1.52 bits per heavy atom. The first-order valence-corrected chi connectivity index (χ1v) is 7.95. The van der Waals surface area contributed by atoms with Gasteiger partial charge in [-0.15, -0.1) is 0 Å². The molecule has 0 unspecified atom stereocenters. The average Bonchev–Trinajstić information content (AvgIpc) is 3.00. The lowest BCUT2D eigenvalue weighted by atomic mass is 10.2. The van der Waals surface area contributed by atoms with Gasteiger partial charge in [0.05, 0.1) is 17.2 Å². The van der Waals surface area contributed by atoms with Gasteiger partial charge in [-0.25, -0.2) is 9.59 Å². The molecule has 3 atom stereocenters. The van der Waals surface area contributed by atoms with Gasteiger partial charge in [-0.3, -0.25) is 0 Å². The van der Waals surface area contributed by atoms with Gasteiger partial charge in [0.15, 0.2) is 12.4 Å². The molecule has 6 heteroatoms. The molecule has 130 valence electrons. The molecule has 0 bridgehead atoms. The van der Waals surface area contributed by atoms with E-state index < -0.39 is 30.4 Å². The van der Waals surface area contributed by atoms with Crippen LogP contribution in [0.3, 0.4) is 0 Å². The van der Waals surface area contributed by atoms with Crippen molar-refractivity contribution in [1.82, 2.24) is 0 Å². The van der Waals surface area contributed by atoms with Gasteiger partial charge in [-0.1, -0.05) is 36.4 Å². The minimum absolute atomic E-state index is 0.0236. The second-order valence-corrected chi connectivity index (χ2v) is 5.66. The summed E-state index contributed by atoms with van der Waals surface area (Å²) in [4.78, 5) is 23.9. The maximum absolute atomic E-state index is 12.0. The fraction of sp³-hybridized carbons (Fsp3) is 0.263. The first-order valence-electron chi connectivity index (χ1n) is 7.95. The van der Waals surface area contributed by atoms with Gasteiger partial charge in [0.1, 0.15) is 6.61 Å². The number of carbonyl (C=O) groups is 2. The number of hydrogen-bond acceptors (Lipinski definition) is 6. The van der Waals surface area contributed by atoms with Gasteiger partial charge in [-0.05, 0) is 24.3 Å². The summed E-state index contributed by atoms with van der Waals surface area (Å²) in [5, 5.41) is 9.90. The number of aliphatic hydroxyl groups excluding tert-OH is 1. The van der Waals surface area contributed by atoms with Gasteiger partial charge >= 0.3 is 11.9 Å². The maximum Gasteiger partial charge on any atom is 0.338 e. The Balaban J connectivity index is 1.50. The molecular formula is C19H18O6. The lowest BCUT2D eigenvalue weighted by Crippen LogP contribution is -2.26. The standard InChI is InChI=1S/C19H18O6/c20-17(13-7-3-1-4-8-13)23-12-15-11-16(19(22)24-15)25-18(21)14-9-5-2-6-10-14/h1-10,15-16,19,22H,11-12H2/t15-,16-,19+/m0/s1. The van der Waals surface area contributed by atoms with E-state index in [9.17, 15) is 14.7 Å². The van der Waals surface area contributed by atoms with E-state index in [4.69, 9.17) is 14.2 Å². The van der Waals surface area contributed by atoms with Crippen LogP contribution in [0.15, 0.2) is 60.7 Å². The third-order valence-corrected chi connectivity index (χ3v) is 3.82. The summed E-state index contributed by atoms with van der Waals surface area (Å²) in [7, 11) is 0. The number of rotatable bonds is 5. The molecule has 1 saturated heterocycles. The summed E-state index contributed by atoms with van der Waals surface area (Å²) in [5.41, 5.74) is 0.835. The lowest BCUT2D eigenvalue weighted by Gasteiger charge is -2.13. The van der Waals surface area contributed by atoms with Crippen molar-refractivity contribution in [3.05, 3.63) is 71.8 Å². The lowest BCUT2D eigenvalue weighted by molar-refractivity contribution is -0.135. The van der Waals surface area contributed by atoms with Crippen LogP contribution in [-0.2, 0) is 14.2 Å². The van der Waals surface area contributed by atoms with Crippen LogP contribution in [0.25, 0.3) is 0 Å². The molecule has 0 aliphatic carbocycles. The highest BCUT2D eigenvalue weighted by Gasteiger charge is 2.37. The van der Waals surface area contributed by atoms with Crippen LogP contribution in [0, 0.1) is 0 Å². The smallest absolute Gasteiger partial charge is 0.338 e. The van der Waals surface area contributed by atoms with Crippen LogP contribution in [0.4, 0.5) is 0 Å². The third kappa shape index (κ3) is 4.43.